The second kappa shape index (κ2) is 8.91. The van der Waals surface area contributed by atoms with Crippen molar-refractivity contribution < 1.29 is 19.1 Å². The number of hydrogen-bond donors (Lipinski definition) is 2. The van der Waals surface area contributed by atoms with Crippen LogP contribution < -0.4 is 11.1 Å². The van der Waals surface area contributed by atoms with Crippen molar-refractivity contribution in [1.29, 1.82) is 5.26 Å². The maximum atomic E-state index is 11.6. The molecular weight excluding hydrogens is 250 g/mol. The predicted octanol–water partition coefficient (Wildman–Crippen LogP) is -0.150. The molecule has 0 aromatic carbocycles. The Morgan fingerprint density at radius 3 is 2.47 bits per heavy atom. The van der Waals surface area contributed by atoms with E-state index >= 15 is 0 Å². The first-order chi connectivity index (χ1) is 8.92. The van der Waals surface area contributed by atoms with Gasteiger partial charge in [0.1, 0.15) is 6.04 Å². The van der Waals surface area contributed by atoms with Gasteiger partial charge in [0.2, 0.25) is 11.8 Å². The van der Waals surface area contributed by atoms with Crippen LogP contribution in [0.25, 0.3) is 0 Å². The highest BCUT2D eigenvalue weighted by molar-refractivity contribution is 5.88. The second-order valence-corrected chi connectivity index (χ2v) is 4.09. The zero-order valence-corrected chi connectivity index (χ0v) is 11.1. The Balaban J connectivity index is 4.29. The van der Waals surface area contributed by atoms with Gasteiger partial charge in [-0.1, -0.05) is 6.92 Å². The summed E-state index contributed by atoms with van der Waals surface area (Å²) in [5, 5.41) is 11.0. The molecule has 0 aliphatic carbocycles. The van der Waals surface area contributed by atoms with Crippen molar-refractivity contribution >= 4 is 17.8 Å². The first-order valence-corrected chi connectivity index (χ1v) is 6.03. The summed E-state index contributed by atoms with van der Waals surface area (Å²) in [5.74, 6) is -2.03. The summed E-state index contributed by atoms with van der Waals surface area (Å²) < 4.78 is 4.68. The Labute approximate surface area is 112 Å². The van der Waals surface area contributed by atoms with Crippen LogP contribution in [0.3, 0.4) is 0 Å². The van der Waals surface area contributed by atoms with Crippen LogP contribution in [0.5, 0.6) is 0 Å². The number of nitrogens with zero attached hydrogens (tertiary/aromatic N) is 1. The van der Waals surface area contributed by atoms with Gasteiger partial charge < -0.3 is 15.8 Å². The molecular formula is C12H19N3O4. The summed E-state index contributed by atoms with van der Waals surface area (Å²) in [6.07, 6.45) is -0.0363. The smallest absolute Gasteiger partial charge is 0.306 e. The van der Waals surface area contributed by atoms with Gasteiger partial charge in [0.05, 0.1) is 19.1 Å². The van der Waals surface area contributed by atoms with Crippen LogP contribution in [0.4, 0.5) is 0 Å². The molecule has 0 aromatic rings. The Morgan fingerprint density at radius 1 is 1.37 bits per heavy atom. The van der Waals surface area contributed by atoms with Gasteiger partial charge in [0.25, 0.3) is 0 Å². The van der Waals surface area contributed by atoms with Gasteiger partial charge in [-0.15, -0.1) is 0 Å². The Morgan fingerprint density at radius 2 is 2.00 bits per heavy atom. The summed E-state index contributed by atoms with van der Waals surface area (Å²) in [6, 6.07) is 1.00. The highest BCUT2D eigenvalue weighted by atomic mass is 16.5. The fourth-order valence-corrected chi connectivity index (χ4v) is 1.45. The third-order valence-corrected chi connectivity index (χ3v) is 2.47. The number of nitrogens with one attached hydrogen (secondary N) is 1. The van der Waals surface area contributed by atoms with E-state index in [0.717, 1.165) is 0 Å². The van der Waals surface area contributed by atoms with E-state index in [1.807, 2.05) is 6.07 Å². The minimum atomic E-state index is -0.908. The Bertz CT molecular complexity index is 376. The molecule has 7 nitrogen and oxygen atoms in total. The number of primary amides is 1. The second-order valence-electron chi connectivity index (χ2n) is 4.09. The van der Waals surface area contributed by atoms with Crippen molar-refractivity contribution in [2.45, 2.75) is 39.2 Å². The molecule has 0 aliphatic heterocycles. The number of carbonyl (C=O) groups is 3. The number of nitriles is 1. The molecule has 0 unspecified atom stereocenters. The molecule has 7 heteroatoms. The molecule has 0 aliphatic rings. The van der Waals surface area contributed by atoms with Crippen LogP contribution in [-0.2, 0) is 19.1 Å². The minimum absolute atomic E-state index is 0.0578. The number of ether oxygens (including phenoxy) is 1. The predicted molar refractivity (Wildman–Crippen MR) is 66.4 cm³/mol. The molecule has 2 atom stereocenters. The van der Waals surface area contributed by atoms with Crippen LogP contribution in [-0.4, -0.2) is 30.4 Å². The highest BCUT2D eigenvalue weighted by Gasteiger charge is 2.24. The molecule has 0 aromatic heterocycles. The molecule has 19 heavy (non-hydrogen) atoms. The standard InChI is InChI=1S/C12H19N3O4/c1-3-19-10(17)5-4-9(16)15-11(12(14)18)8(2)6-7-13/h8,11H,3-6H2,1-2H3,(H2,14,18)(H,15,16)/t8-,11+/m1/s1. The number of rotatable bonds is 8. The van der Waals surface area contributed by atoms with E-state index in [4.69, 9.17) is 11.0 Å². The van der Waals surface area contributed by atoms with Crippen LogP contribution >= 0.6 is 0 Å². The molecule has 3 N–H and O–H groups in total. The third-order valence-electron chi connectivity index (χ3n) is 2.47. The average Bonchev–Trinajstić information content (AvgIpc) is 2.33. The number of nitrogens with two attached hydrogens (primary N) is 1. The zero-order chi connectivity index (χ0) is 14.8. The molecule has 0 radical (unpaired) electrons. The van der Waals surface area contributed by atoms with Gasteiger partial charge >= 0.3 is 5.97 Å². The van der Waals surface area contributed by atoms with Crippen molar-refractivity contribution in [3.63, 3.8) is 0 Å². The number of hydrogen-bond acceptors (Lipinski definition) is 5. The first-order valence-electron chi connectivity index (χ1n) is 6.03. The fraction of sp³-hybridized carbons (Fsp3) is 0.667. The van der Waals surface area contributed by atoms with Crippen molar-refractivity contribution in [3.05, 3.63) is 0 Å². The van der Waals surface area contributed by atoms with Crippen molar-refractivity contribution in [3.8, 4) is 6.07 Å². The lowest BCUT2D eigenvalue weighted by Crippen LogP contribution is -2.48. The third kappa shape index (κ3) is 7.03. The van der Waals surface area contributed by atoms with E-state index in [9.17, 15) is 14.4 Å². The molecule has 0 saturated carbocycles. The van der Waals surface area contributed by atoms with E-state index in [1.54, 1.807) is 13.8 Å². The van der Waals surface area contributed by atoms with Gasteiger partial charge in [-0.25, -0.2) is 0 Å². The minimum Gasteiger partial charge on any atom is -0.466 e. The monoisotopic (exact) mass is 269 g/mol. The number of carbonyl (C=O) groups excluding carboxylic acids is 3. The van der Waals surface area contributed by atoms with E-state index in [1.165, 1.54) is 0 Å². The van der Waals surface area contributed by atoms with E-state index < -0.39 is 23.8 Å². The summed E-state index contributed by atoms with van der Waals surface area (Å²) >= 11 is 0. The number of esters is 1. The molecule has 0 heterocycles. The zero-order valence-electron chi connectivity index (χ0n) is 11.1. The summed E-state index contributed by atoms with van der Waals surface area (Å²) in [4.78, 5) is 33.8. The normalized spacial score (nSPS) is 12.9. The van der Waals surface area contributed by atoms with Crippen molar-refractivity contribution in [2.24, 2.45) is 11.7 Å². The molecule has 106 valence electrons. The lowest BCUT2D eigenvalue weighted by Gasteiger charge is -2.20. The van der Waals surface area contributed by atoms with Crippen LogP contribution in [0.2, 0.25) is 0 Å². The maximum Gasteiger partial charge on any atom is 0.306 e. The lowest BCUT2D eigenvalue weighted by atomic mass is 9.98. The van der Waals surface area contributed by atoms with Gasteiger partial charge in [0.15, 0.2) is 0 Å². The molecule has 2 amide bonds. The quantitative estimate of drug-likeness (QED) is 0.593. The van der Waals surface area contributed by atoms with E-state index in [0.29, 0.717) is 0 Å². The Hall–Kier alpha value is -2.10. The molecule has 0 rings (SSSR count). The van der Waals surface area contributed by atoms with Crippen LogP contribution in [0, 0.1) is 17.2 Å². The van der Waals surface area contributed by atoms with Crippen LogP contribution in [0.1, 0.15) is 33.1 Å². The summed E-state index contributed by atoms with van der Waals surface area (Å²) in [5.41, 5.74) is 5.17. The van der Waals surface area contributed by atoms with Crippen molar-refractivity contribution in [2.75, 3.05) is 6.61 Å². The van der Waals surface area contributed by atoms with E-state index in [-0.39, 0.29) is 31.8 Å². The molecule has 0 spiro atoms. The molecule has 0 fully saturated rings. The van der Waals surface area contributed by atoms with Gasteiger partial charge in [-0.05, 0) is 12.8 Å². The fourth-order valence-electron chi connectivity index (χ4n) is 1.45. The molecule has 0 saturated heterocycles. The average molecular weight is 269 g/mol. The maximum absolute atomic E-state index is 11.6. The van der Waals surface area contributed by atoms with Crippen molar-refractivity contribution in [1.82, 2.24) is 5.32 Å². The topological polar surface area (TPSA) is 122 Å². The largest absolute Gasteiger partial charge is 0.466 e. The first kappa shape index (κ1) is 16.9. The summed E-state index contributed by atoms with van der Waals surface area (Å²) in [6.45, 7) is 3.57. The van der Waals surface area contributed by atoms with E-state index in [2.05, 4.69) is 10.1 Å². The summed E-state index contributed by atoms with van der Waals surface area (Å²) in [7, 11) is 0. The Kier molecular flexibility index (Phi) is 7.93. The van der Waals surface area contributed by atoms with Crippen LogP contribution in [0.15, 0.2) is 0 Å². The van der Waals surface area contributed by atoms with Gasteiger partial charge in [0, 0.05) is 12.8 Å². The highest BCUT2D eigenvalue weighted by Crippen LogP contribution is 2.07. The lowest BCUT2D eigenvalue weighted by molar-refractivity contribution is -0.144. The van der Waals surface area contributed by atoms with Gasteiger partial charge in [-0.2, -0.15) is 5.26 Å². The molecule has 0 bridgehead atoms. The SMILES string of the molecule is CCOC(=O)CCC(=O)N[C@H](C(N)=O)[C@H](C)CC#N. The van der Waals surface area contributed by atoms with Gasteiger partial charge in [-0.3, -0.25) is 14.4 Å². The number of amides is 2.